The normalized spacial score (nSPS) is 12.7. The van der Waals surface area contributed by atoms with E-state index < -0.39 is 0 Å². The van der Waals surface area contributed by atoms with Crippen LogP contribution in [0.15, 0.2) is 223 Å². The number of benzene rings is 9. The van der Waals surface area contributed by atoms with Gasteiger partial charge < -0.3 is 4.42 Å². The van der Waals surface area contributed by atoms with E-state index in [1.54, 1.807) is 0 Å². The summed E-state index contributed by atoms with van der Waals surface area (Å²) in [6.07, 6.45) is 0. The van der Waals surface area contributed by atoms with Gasteiger partial charge in [-0.3, -0.25) is 0 Å². The van der Waals surface area contributed by atoms with Crippen LogP contribution in [0, 0.1) is 0 Å². The molecule has 0 fully saturated rings. The van der Waals surface area contributed by atoms with Crippen LogP contribution in [0.2, 0.25) is 0 Å². The van der Waals surface area contributed by atoms with Crippen LogP contribution in [-0.4, -0.2) is 9.97 Å². The first-order valence-corrected chi connectivity index (χ1v) is 22.0. The molecule has 0 unspecified atom stereocenters. The van der Waals surface area contributed by atoms with Gasteiger partial charge >= 0.3 is 0 Å². The highest BCUT2D eigenvalue weighted by molar-refractivity contribution is 6.10. The van der Waals surface area contributed by atoms with Crippen molar-refractivity contribution < 1.29 is 4.42 Å². The molecule has 64 heavy (non-hydrogen) atoms. The molecule has 0 saturated carbocycles. The summed E-state index contributed by atoms with van der Waals surface area (Å²) < 4.78 is 6.66. The van der Waals surface area contributed by atoms with Gasteiger partial charge in [0.05, 0.1) is 11.4 Å². The highest BCUT2D eigenvalue weighted by Gasteiger charge is 2.35. The van der Waals surface area contributed by atoms with Crippen LogP contribution in [-0.2, 0) is 5.41 Å². The molecule has 3 heteroatoms. The number of aromatic nitrogens is 2. The van der Waals surface area contributed by atoms with Gasteiger partial charge in [-0.1, -0.05) is 196 Å². The molecule has 9 aromatic carbocycles. The smallest absolute Gasteiger partial charge is 0.160 e. The van der Waals surface area contributed by atoms with Gasteiger partial charge in [-0.15, -0.1) is 0 Å². The fraction of sp³-hybridized carbons (Fsp3) is 0.0492. The maximum atomic E-state index is 6.66. The van der Waals surface area contributed by atoms with Gasteiger partial charge in [0.1, 0.15) is 11.2 Å². The van der Waals surface area contributed by atoms with E-state index in [1.807, 2.05) is 18.2 Å². The summed E-state index contributed by atoms with van der Waals surface area (Å²) in [6, 6.07) is 77.9. The summed E-state index contributed by atoms with van der Waals surface area (Å²) >= 11 is 0. The molecule has 302 valence electrons. The molecule has 0 N–H and O–H groups in total. The molecule has 0 radical (unpaired) electrons. The summed E-state index contributed by atoms with van der Waals surface area (Å²) in [6.45, 7) is 4.66. The van der Waals surface area contributed by atoms with Crippen molar-refractivity contribution in [1.82, 2.24) is 9.97 Å². The van der Waals surface area contributed by atoms with E-state index in [1.165, 1.54) is 22.3 Å². The van der Waals surface area contributed by atoms with Gasteiger partial charge in [0.2, 0.25) is 0 Å². The number of rotatable bonds is 7. The molecular formula is C61H42N2O. The maximum absolute atomic E-state index is 6.66. The summed E-state index contributed by atoms with van der Waals surface area (Å²) in [5, 5.41) is 2.20. The molecule has 1 aliphatic rings. The molecule has 12 rings (SSSR count). The third-order valence-electron chi connectivity index (χ3n) is 13.1. The number of hydrogen-bond acceptors (Lipinski definition) is 3. The number of hydrogen-bond donors (Lipinski definition) is 0. The molecule has 1 aliphatic carbocycles. The largest absolute Gasteiger partial charge is 0.455 e. The second-order valence-electron chi connectivity index (χ2n) is 17.3. The molecule has 0 bridgehead atoms. The number of para-hydroxylation sites is 2. The SMILES string of the molecule is CC1(C)c2ccccc2-c2cc(-c3ccccc3-c3cc(-c4cc(-c5ccccc5-c5ccccc5)cc(-c5cccc6c5oc5ccccc56)c4)nc(-c4ccccc4)n3)ccc21. The van der Waals surface area contributed by atoms with Crippen LogP contribution in [0.4, 0.5) is 0 Å². The van der Waals surface area contributed by atoms with Crippen LogP contribution < -0.4 is 0 Å². The number of furan rings is 1. The quantitative estimate of drug-likeness (QED) is 0.161. The lowest BCUT2D eigenvalue weighted by atomic mass is 9.82. The minimum atomic E-state index is -0.0684. The molecule has 0 atom stereocenters. The van der Waals surface area contributed by atoms with Crippen LogP contribution in [0.1, 0.15) is 25.0 Å². The Bertz CT molecular complexity index is 3580. The van der Waals surface area contributed by atoms with Gasteiger partial charge in [0, 0.05) is 38.4 Å². The van der Waals surface area contributed by atoms with Crippen LogP contribution >= 0.6 is 0 Å². The van der Waals surface area contributed by atoms with E-state index in [0.717, 1.165) is 94.5 Å². The van der Waals surface area contributed by atoms with Crippen LogP contribution in [0.5, 0.6) is 0 Å². The minimum Gasteiger partial charge on any atom is -0.455 e. The average Bonchev–Trinajstić information content (AvgIpc) is 3.86. The monoisotopic (exact) mass is 818 g/mol. The van der Waals surface area contributed by atoms with E-state index >= 15 is 0 Å². The Kier molecular flexibility index (Phi) is 8.84. The molecule has 0 spiro atoms. The molecular weight excluding hydrogens is 777 g/mol. The topological polar surface area (TPSA) is 38.9 Å². The number of fused-ring (bicyclic) bond motifs is 6. The minimum absolute atomic E-state index is 0.0684. The molecule has 2 aromatic heterocycles. The summed E-state index contributed by atoms with van der Waals surface area (Å²) in [5.74, 6) is 0.670. The summed E-state index contributed by atoms with van der Waals surface area (Å²) in [7, 11) is 0. The van der Waals surface area contributed by atoms with Gasteiger partial charge in [0.15, 0.2) is 5.82 Å². The fourth-order valence-corrected chi connectivity index (χ4v) is 9.96. The van der Waals surface area contributed by atoms with Gasteiger partial charge in [-0.25, -0.2) is 9.97 Å². The van der Waals surface area contributed by atoms with Crippen molar-refractivity contribution in [3.8, 4) is 89.5 Å². The van der Waals surface area contributed by atoms with Crippen LogP contribution in [0.25, 0.3) is 111 Å². The van der Waals surface area contributed by atoms with Crippen molar-refractivity contribution in [1.29, 1.82) is 0 Å². The van der Waals surface area contributed by atoms with Crippen molar-refractivity contribution in [2.45, 2.75) is 19.3 Å². The first kappa shape index (κ1) is 37.6. The lowest BCUT2D eigenvalue weighted by Crippen LogP contribution is -2.14. The lowest BCUT2D eigenvalue weighted by molar-refractivity contribution is 0.660. The Morgan fingerprint density at radius 3 is 1.62 bits per heavy atom. The van der Waals surface area contributed by atoms with Crippen molar-refractivity contribution in [3.05, 3.63) is 230 Å². The molecule has 0 aliphatic heterocycles. The third kappa shape index (κ3) is 6.28. The maximum Gasteiger partial charge on any atom is 0.160 e. The Labute approximate surface area is 373 Å². The predicted molar refractivity (Wildman–Crippen MR) is 265 cm³/mol. The molecule has 0 amide bonds. The highest BCUT2D eigenvalue weighted by atomic mass is 16.3. The molecule has 11 aromatic rings. The molecule has 3 nitrogen and oxygen atoms in total. The first-order valence-electron chi connectivity index (χ1n) is 22.0. The van der Waals surface area contributed by atoms with E-state index in [9.17, 15) is 0 Å². The standard InChI is InChI=1S/C61H42N2O/c1-61(2)54-30-15-13-25-49(54)53-37-41(32-33-55(53)61)46-23-11-12-26-50(46)57-38-56(62-60(63-57)40-20-7-4-8-21-40)44-35-42(47-24-10-9-22-45(47)39-18-5-3-6-19-39)34-43(36-44)48-28-17-29-52-51-27-14-16-31-58(51)64-59(48)52/h3-38H,1-2H3. The Hall–Kier alpha value is -8.14. The van der Waals surface area contributed by atoms with Crippen molar-refractivity contribution in [2.24, 2.45) is 0 Å². The summed E-state index contributed by atoms with van der Waals surface area (Å²) in [5.41, 5.74) is 20.6. The van der Waals surface area contributed by atoms with E-state index in [4.69, 9.17) is 14.4 Å². The highest BCUT2D eigenvalue weighted by Crippen LogP contribution is 2.50. The van der Waals surface area contributed by atoms with Crippen molar-refractivity contribution in [3.63, 3.8) is 0 Å². The van der Waals surface area contributed by atoms with Gasteiger partial charge in [0.25, 0.3) is 0 Å². The zero-order valence-electron chi connectivity index (χ0n) is 35.6. The van der Waals surface area contributed by atoms with E-state index in [-0.39, 0.29) is 5.41 Å². The van der Waals surface area contributed by atoms with E-state index in [0.29, 0.717) is 5.82 Å². The van der Waals surface area contributed by atoms with Gasteiger partial charge in [-0.2, -0.15) is 0 Å². The predicted octanol–water partition coefficient (Wildman–Crippen LogP) is 16.4. The Balaban J connectivity index is 1.09. The van der Waals surface area contributed by atoms with E-state index in [2.05, 4.69) is 214 Å². The second kappa shape index (κ2) is 15.0. The zero-order chi connectivity index (χ0) is 42.8. The third-order valence-corrected chi connectivity index (χ3v) is 13.1. The summed E-state index contributed by atoms with van der Waals surface area (Å²) in [4.78, 5) is 10.8. The second-order valence-corrected chi connectivity index (χ2v) is 17.3. The average molecular weight is 819 g/mol. The molecule has 2 heterocycles. The van der Waals surface area contributed by atoms with Crippen molar-refractivity contribution >= 4 is 21.9 Å². The van der Waals surface area contributed by atoms with Crippen molar-refractivity contribution in [2.75, 3.05) is 0 Å². The molecule has 0 saturated heterocycles. The van der Waals surface area contributed by atoms with Crippen LogP contribution in [0.3, 0.4) is 0 Å². The van der Waals surface area contributed by atoms with Gasteiger partial charge in [-0.05, 0) is 97.6 Å². The first-order chi connectivity index (χ1) is 31.5. The fourth-order valence-electron chi connectivity index (χ4n) is 9.96. The Morgan fingerprint density at radius 2 is 0.859 bits per heavy atom. The lowest BCUT2D eigenvalue weighted by Gasteiger charge is -2.21. The Morgan fingerprint density at radius 1 is 0.328 bits per heavy atom. The number of nitrogens with zero attached hydrogens (tertiary/aromatic N) is 2. The zero-order valence-corrected chi connectivity index (χ0v) is 35.6.